The second-order valence-electron chi connectivity index (χ2n) is 4.02. The van der Waals surface area contributed by atoms with Gasteiger partial charge in [0.1, 0.15) is 5.82 Å². The van der Waals surface area contributed by atoms with Gasteiger partial charge in [0, 0.05) is 22.0 Å². The van der Waals surface area contributed by atoms with Crippen molar-refractivity contribution in [3.05, 3.63) is 69.5 Å². The second kappa shape index (κ2) is 5.70. The van der Waals surface area contributed by atoms with Gasteiger partial charge in [-0.1, -0.05) is 41.4 Å². The molecule has 4 heteroatoms. The SMILES string of the molecule is OC(Cc1cccc(Cl)c1)c1ccc(Cl)cc1F. The van der Waals surface area contributed by atoms with Gasteiger partial charge >= 0.3 is 0 Å². The molecule has 1 atom stereocenters. The van der Waals surface area contributed by atoms with Crippen LogP contribution in [-0.4, -0.2) is 5.11 Å². The maximum absolute atomic E-state index is 13.6. The summed E-state index contributed by atoms with van der Waals surface area (Å²) in [4.78, 5) is 0. The Kier molecular flexibility index (Phi) is 4.23. The molecule has 0 aliphatic carbocycles. The van der Waals surface area contributed by atoms with E-state index in [1.54, 1.807) is 24.3 Å². The minimum atomic E-state index is -0.916. The van der Waals surface area contributed by atoms with Gasteiger partial charge in [0.2, 0.25) is 0 Å². The number of halogens is 3. The van der Waals surface area contributed by atoms with Crippen LogP contribution in [0.4, 0.5) is 4.39 Å². The Morgan fingerprint density at radius 3 is 2.44 bits per heavy atom. The molecule has 1 nitrogen and oxygen atoms in total. The second-order valence-corrected chi connectivity index (χ2v) is 4.89. The van der Waals surface area contributed by atoms with Crippen LogP contribution >= 0.6 is 23.2 Å². The van der Waals surface area contributed by atoms with Crippen molar-refractivity contribution in [2.24, 2.45) is 0 Å². The Labute approximate surface area is 115 Å². The third-order valence-corrected chi connectivity index (χ3v) is 3.11. The summed E-state index contributed by atoms with van der Waals surface area (Å²) in [5, 5.41) is 10.9. The summed E-state index contributed by atoms with van der Waals surface area (Å²) in [6.07, 6.45) is -0.611. The summed E-state index contributed by atoms with van der Waals surface area (Å²) in [5.74, 6) is -0.503. The van der Waals surface area contributed by atoms with E-state index >= 15 is 0 Å². The first-order valence-electron chi connectivity index (χ1n) is 5.44. The molecule has 2 rings (SSSR count). The number of benzene rings is 2. The molecular formula is C14H11Cl2FO. The van der Waals surface area contributed by atoms with Crippen molar-refractivity contribution in [3.63, 3.8) is 0 Å². The molecule has 2 aromatic carbocycles. The minimum Gasteiger partial charge on any atom is -0.388 e. The lowest BCUT2D eigenvalue weighted by Crippen LogP contribution is -2.04. The standard InChI is InChI=1S/C14H11Cl2FO/c15-10-3-1-2-9(6-10)7-14(18)12-5-4-11(16)8-13(12)17/h1-6,8,14,18H,7H2. The third-order valence-electron chi connectivity index (χ3n) is 2.64. The topological polar surface area (TPSA) is 20.2 Å². The first-order valence-corrected chi connectivity index (χ1v) is 6.19. The largest absolute Gasteiger partial charge is 0.388 e. The van der Waals surface area contributed by atoms with Crippen molar-refractivity contribution in [2.75, 3.05) is 0 Å². The maximum atomic E-state index is 13.6. The van der Waals surface area contributed by atoms with Gasteiger partial charge < -0.3 is 5.11 Å². The van der Waals surface area contributed by atoms with Crippen molar-refractivity contribution in [3.8, 4) is 0 Å². The molecule has 0 amide bonds. The van der Waals surface area contributed by atoms with Crippen LogP contribution in [0.2, 0.25) is 10.0 Å². The highest BCUT2D eigenvalue weighted by Gasteiger charge is 2.13. The number of hydrogen-bond donors (Lipinski definition) is 1. The fourth-order valence-electron chi connectivity index (χ4n) is 1.77. The van der Waals surface area contributed by atoms with Gasteiger partial charge in [0.15, 0.2) is 0 Å². The number of hydrogen-bond acceptors (Lipinski definition) is 1. The van der Waals surface area contributed by atoms with Crippen LogP contribution in [0.1, 0.15) is 17.2 Å². The van der Waals surface area contributed by atoms with E-state index in [9.17, 15) is 9.50 Å². The van der Waals surface area contributed by atoms with E-state index in [-0.39, 0.29) is 5.56 Å². The van der Waals surface area contributed by atoms with E-state index in [0.717, 1.165) is 5.56 Å². The predicted octanol–water partition coefficient (Wildman–Crippen LogP) is 4.41. The number of rotatable bonds is 3. The molecule has 1 unspecified atom stereocenters. The van der Waals surface area contributed by atoms with Gasteiger partial charge in [-0.05, 0) is 29.8 Å². The molecule has 0 heterocycles. The minimum absolute atomic E-state index is 0.236. The molecular weight excluding hydrogens is 274 g/mol. The predicted molar refractivity (Wildman–Crippen MR) is 71.5 cm³/mol. The first-order chi connectivity index (χ1) is 8.56. The molecule has 0 aromatic heterocycles. The molecule has 0 aliphatic rings. The zero-order valence-corrected chi connectivity index (χ0v) is 10.9. The Balaban J connectivity index is 2.19. The van der Waals surface area contributed by atoms with Crippen LogP contribution in [0.15, 0.2) is 42.5 Å². The van der Waals surface area contributed by atoms with Crippen molar-refractivity contribution < 1.29 is 9.50 Å². The molecule has 18 heavy (non-hydrogen) atoms. The summed E-state index contributed by atoms with van der Waals surface area (Å²) in [7, 11) is 0. The number of aliphatic hydroxyl groups excluding tert-OH is 1. The van der Waals surface area contributed by atoms with Crippen LogP contribution < -0.4 is 0 Å². The van der Waals surface area contributed by atoms with E-state index in [1.807, 2.05) is 6.07 Å². The van der Waals surface area contributed by atoms with E-state index in [4.69, 9.17) is 23.2 Å². The number of aliphatic hydroxyl groups is 1. The highest BCUT2D eigenvalue weighted by molar-refractivity contribution is 6.30. The highest BCUT2D eigenvalue weighted by Crippen LogP contribution is 2.24. The van der Waals surface area contributed by atoms with Crippen molar-refractivity contribution in [1.82, 2.24) is 0 Å². The average Bonchev–Trinajstić information content (AvgIpc) is 2.28. The monoisotopic (exact) mass is 284 g/mol. The lowest BCUT2D eigenvalue weighted by atomic mass is 10.0. The van der Waals surface area contributed by atoms with Crippen LogP contribution in [-0.2, 0) is 6.42 Å². The van der Waals surface area contributed by atoms with Gasteiger partial charge in [-0.3, -0.25) is 0 Å². The van der Waals surface area contributed by atoms with Crippen molar-refractivity contribution in [1.29, 1.82) is 0 Å². The van der Waals surface area contributed by atoms with Gasteiger partial charge in [-0.2, -0.15) is 0 Å². The molecule has 0 radical (unpaired) electrons. The summed E-state index contributed by atoms with van der Waals surface area (Å²) >= 11 is 11.5. The van der Waals surface area contributed by atoms with Crippen LogP contribution in [0.25, 0.3) is 0 Å². The van der Waals surface area contributed by atoms with Gasteiger partial charge in [-0.25, -0.2) is 4.39 Å². The molecule has 0 saturated heterocycles. The zero-order chi connectivity index (χ0) is 13.1. The molecule has 0 aliphatic heterocycles. The normalized spacial score (nSPS) is 12.4. The van der Waals surface area contributed by atoms with E-state index in [2.05, 4.69) is 0 Å². The fraction of sp³-hybridized carbons (Fsp3) is 0.143. The summed E-state index contributed by atoms with van der Waals surface area (Å²) in [6, 6.07) is 11.4. The lowest BCUT2D eigenvalue weighted by molar-refractivity contribution is 0.173. The lowest BCUT2D eigenvalue weighted by Gasteiger charge is -2.12. The third kappa shape index (κ3) is 3.22. The van der Waals surface area contributed by atoms with Gasteiger partial charge in [-0.15, -0.1) is 0 Å². The zero-order valence-electron chi connectivity index (χ0n) is 9.41. The smallest absolute Gasteiger partial charge is 0.130 e. The maximum Gasteiger partial charge on any atom is 0.130 e. The summed E-state index contributed by atoms with van der Waals surface area (Å²) in [5.41, 5.74) is 1.09. The Hall–Kier alpha value is -1.09. The quantitative estimate of drug-likeness (QED) is 0.885. The molecule has 0 saturated carbocycles. The van der Waals surface area contributed by atoms with E-state index in [1.165, 1.54) is 12.1 Å². The van der Waals surface area contributed by atoms with E-state index in [0.29, 0.717) is 16.5 Å². The molecule has 0 fully saturated rings. The molecule has 1 N–H and O–H groups in total. The molecule has 94 valence electrons. The van der Waals surface area contributed by atoms with Crippen LogP contribution in [0.3, 0.4) is 0 Å². The fourth-order valence-corrected chi connectivity index (χ4v) is 2.14. The molecule has 2 aromatic rings. The highest BCUT2D eigenvalue weighted by atomic mass is 35.5. The summed E-state index contributed by atoms with van der Waals surface area (Å²) < 4.78 is 13.6. The Morgan fingerprint density at radius 2 is 1.78 bits per heavy atom. The van der Waals surface area contributed by atoms with Crippen LogP contribution in [0.5, 0.6) is 0 Å². The Morgan fingerprint density at radius 1 is 1.06 bits per heavy atom. The average molecular weight is 285 g/mol. The Bertz CT molecular complexity index is 557. The summed E-state index contributed by atoms with van der Waals surface area (Å²) in [6.45, 7) is 0. The van der Waals surface area contributed by atoms with Gasteiger partial charge in [0.25, 0.3) is 0 Å². The molecule has 0 bridgehead atoms. The molecule has 0 spiro atoms. The van der Waals surface area contributed by atoms with Crippen LogP contribution in [0, 0.1) is 5.82 Å². The van der Waals surface area contributed by atoms with E-state index < -0.39 is 11.9 Å². The van der Waals surface area contributed by atoms with Gasteiger partial charge in [0.05, 0.1) is 6.10 Å². The first kappa shape index (κ1) is 13.3. The van der Waals surface area contributed by atoms with Crippen molar-refractivity contribution >= 4 is 23.2 Å². The van der Waals surface area contributed by atoms with Crippen molar-refractivity contribution in [2.45, 2.75) is 12.5 Å².